The van der Waals surface area contributed by atoms with Gasteiger partial charge in [0.25, 0.3) is 0 Å². The molecule has 0 aliphatic heterocycles. The molecule has 0 aliphatic rings. The fourth-order valence-electron chi connectivity index (χ4n) is 1.96. The first kappa shape index (κ1) is 14.9. The Bertz CT molecular complexity index is 760. The Morgan fingerprint density at radius 2 is 1.76 bits per heavy atom. The summed E-state index contributed by atoms with van der Waals surface area (Å²) in [5.74, 6) is -0.509. The van der Waals surface area contributed by atoms with Gasteiger partial charge in [0.1, 0.15) is 5.82 Å². The first-order valence-electron chi connectivity index (χ1n) is 6.54. The lowest BCUT2D eigenvalue weighted by Gasteiger charge is -2.06. The number of ketones is 1. The van der Waals surface area contributed by atoms with E-state index in [4.69, 9.17) is 0 Å². The topological polar surface area (TPSA) is 61.1 Å². The number of rotatable bonds is 5. The summed E-state index contributed by atoms with van der Waals surface area (Å²) < 4.78 is 15.3. The van der Waals surface area contributed by atoms with Gasteiger partial charge in [0.15, 0.2) is 5.78 Å². The molecule has 5 nitrogen and oxygen atoms in total. The van der Waals surface area contributed by atoms with Gasteiger partial charge in [0, 0.05) is 38.0 Å². The molecule has 6 heteroatoms. The van der Waals surface area contributed by atoms with Crippen LogP contribution < -0.4 is 11.1 Å². The molecule has 21 heavy (non-hydrogen) atoms. The molecule has 0 saturated heterocycles. The zero-order chi connectivity index (χ0) is 15.4. The highest BCUT2D eigenvalue weighted by Gasteiger charge is 2.07. The molecule has 1 heterocycles. The predicted molar refractivity (Wildman–Crippen MR) is 75.9 cm³/mol. The Kier molecular flexibility index (Phi) is 4.47. The Balaban J connectivity index is 1.97. The number of halogens is 1. The van der Waals surface area contributed by atoms with Crippen LogP contribution in [0, 0.1) is 5.82 Å². The van der Waals surface area contributed by atoms with Gasteiger partial charge in [0.2, 0.25) is 0 Å². The second-order valence-electron chi connectivity index (χ2n) is 4.75. The summed E-state index contributed by atoms with van der Waals surface area (Å²) >= 11 is 0. The molecule has 0 saturated carbocycles. The van der Waals surface area contributed by atoms with Crippen molar-refractivity contribution in [1.82, 2.24) is 9.13 Å². The van der Waals surface area contributed by atoms with Crippen molar-refractivity contribution in [2.75, 3.05) is 0 Å². The van der Waals surface area contributed by atoms with Crippen LogP contribution in [0.4, 0.5) is 4.39 Å². The molecule has 0 radical (unpaired) electrons. The van der Waals surface area contributed by atoms with E-state index < -0.39 is 16.9 Å². The maximum atomic E-state index is 12.8. The SMILES string of the molecule is Cn1ccn(CCCC(=O)c2ccc(F)cc2)c(=O)c1=O. The van der Waals surface area contributed by atoms with Crippen molar-refractivity contribution in [2.45, 2.75) is 19.4 Å². The summed E-state index contributed by atoms with van der Waals surface area (Å²) in [4.78, 5) is 35.0. The first-order chi connectivity index (χ1) is 9.99. The number of carbonyl (C=O) groups is 1. The monoisotopic (exact) mass is 290 g/mol. The summed E-state index contributed by atoms with van der Waals surface area (Å²) in [6.07, 6.45) is 3.69. The van der Waals surface area contributed by atoms with E-state index in [-0.39, 0.29) is 12.2 Å². The minimum atomic E-state index is -0.603. The fourth-order valence-corrected chi connectivity index (χ4v) is 1.96. The van der Waals surface area contributed by atoms with E-state index in [1.54, 1.807) is 0 Å². The standard InChI is InChI=1S/C15H15FN2O3/c1-17-9-10-18(15(21)14(17)20)8-2-3-13(19)11-4-6-12(16)7-5-11/h4-7,9-10H,2-3,8H2,1H3. The Hall–Kier alpha value is -2.50. The quantitative estimate of drug-likeness (QED) is 0.617. The van der Waals surface area contributed by atoms with Crippen LogP contribution in [0.2, 0.25) is 0 Å². The van der Waals surface area contributed by atoms with Gasteiger partial charge in [-0.05, 0) is 30.7 Å². The molecule has 0 amide bonds. The lowest BCUT2D eigenvalue weighted by atomic mass is 10.1. The molecule has 0 atom stereocenters. The Labute approximate surface area is 120 Å². The lowest BCUT2D eigenvalue weighted by Crippen LogP contribution is -2.39. The number of Topliss-reactive ketones (excluding diaryl/α,β-unsaturated/α-hetero) is 1. The molecule has 0 unspecified atom stereocenters. The third kappa shape index (κ3) is 3.53. The summed E-state index contributed by atoms with van der Waals surface area (Å²) in [7, 11) is 1.51. The van der Waals surface area contributed by atoms with Gasteiger partial charge in [-0.3, -0.25) is 14.4 Å². The fraction of sp³-hybridized carbons (Fsp3) is 0.267. The molecule has 0 bridgehead atoms. The summed E-state index contributed by atoms with van der Waals surface area (Å²) in [6.45, 7) is 0.294. The highest BCUT2D eigenvalue weighted by Crippen LogP contribution is 2.07. The average Bonchev–Trinajstić information content (AvgIpc) is 2.48. The largest absolute Gasteiger partial charge is 0.316 e. The van der Waals surface area contributed by atoms with Crippen LogP contribution in [0.1, 0.15) is 23.2 Å². The number of hydrogen-bond acceptors (Lipinski definition) is 3. The second kappa shape index (κ2) is 6.30. The van der Waals surface area contributed by atoms with Gasteiger partial charge in [-0.2, -0.15) is 0 Å². The van der Waals surface area contributed by atoms with E-state index in [1.807, 2.05) is 0 Å². The number of aromatic nitrogens is 2. The van der Waals surface area contributed by atoms with Crippen molar-refractivity contribution in [3.63, 3.8) is 0 Å². The van der Waals surface area contributed by atoms with Crippen molar-refractivity contribution in [3.05, 3.63) is 68.7 Å². The van der Waals surface area contributed by atoms with Gasteiger partial charge >= 0.3 is 11.1 Å². The highest BCUT2D eigenvalue weighted by molar-refractivity contribution is 5.95. The molecular weight excluding hydrogens is 275 g/mol. The van der Waals surface area contributed by atoms with Crippen LogP contribution >= 0.6 is 0 Å². The molecule has 110 valence electrons. The van der Waals surface area contributed by atoms with E-state index in [0.717, 1.165) is 0 Å². The normalized spacial score (nSPS) is 10.6. The summed E-state index contributed by atoms with van der Waals surface area (Å²) in [6, 6.07) is 5.33. The number of nitrogens with zero attached hydrogens (tertiary/aromatic N) is 2. The van der Waals surface area contributed by atoms with E-state index in [0.29, 0.717) is 18.5 Å². The van der Waals surface area contributed by atoms with Gasteiger partial charge in [-0.15, -0.1) is 0 Å². The van der Waals surface area contributed by atoms with Gasteiger partial charge in [-0.25, -0.2) is 4.39 Å². The number of carbonyl (C=O) groups excluding carboxylic acids is 1. The van der Waals surface area contributed by atoms with Crippen LogP contribution in [0.15, 0.2) is 46.2 Å². The molecule has 0 spiro atoms. The molecule has 0 N–H and O–H groups in total. The summed E-state index contributed by atoms with van der Waals surface area (Å²) in [5, 5.41) is 0. The Morgan fingerprint density at radius 1 is 1.10 bits per heavy atom. The van der Waals surface area contributed by atoms with Crippen LogP contribution in [-0.4, -0.2) is 14.9 Å². The van der Waals surface area contributed by atoms with Crippen LogP contribution in [-0.2, 0) is 13.6 Å². The minimum absolute atomic E-state index is 0.119. The summed E-state index contributed by atoms with van der Waals surface area (Å²) in [5.41, 5.74) is -0.760. The Morgan fingerprint density at radius 3 is 2.43 bits per heavy atom. The molecular formula is C15H15FN2O3. The van der Waals surface area contributed by atoms with Crippen molar-refractivity contribution in [3.8, 4) is 0 Å². The van der Waals surface area contributed by atoms with E-state index >= 15 is 0 Å². The third-order valence-electron chi connectivity index (χ3n) is 3.20. The molecule has 1 aromatic carbocycles. The minimum Gasteiger partial charge on any atom is -0.312 e. The van der Waals surface area contributed by atoms with E-state index in [9.17, 15) is 18.8 Å². The molecule has 0 fully saturated rings. The zero-order valence-corrected chi connectivity index (χ0v) is 11.6. The second-order valence-corrected chi connectivity index (χ2v) is 4.75. The van der Waals surface area contributed by atoms with Gasteiger partial charge in [-0.1, -0.05) is 0 Å². The third-order valence-corrected chi connectivity index (χ3v) is 3.20. The van der Waals surface area contributed by atoms with Crippen LogP contribution in [0.25, 0.3) is 0 Å². The van der Waals surface area contributed by atoms with E-state index in [1.165, 1.54) is 52.8 Å². The van der Waals surface area contributed by atoms with Gasteiger partial charge < -0.3 is 9.13 Å². The van der Waals surface area contributed by atoms with Crippen molar-refractivity contribution in [1.29, 1.82) is 0 Å². The lowest BCUT2D eigenvalue weighted by molar-refractivity contribution is 0.0978. The predicted octanol–water partition coefficient (Wildman–Crippen LogP) is 1.35. The van der Waals surface area contributed by atoms with Crippen molar-refractivity contribution < 1.29 is 9.18 Å². The maximum Gasteiger partial charge on any atom is 0.316 e. The smallest absolute Gasteiger partial charge is 0.312 e. The van der Waals surface area contributed by atoms with Crippen LogP contribution in [0.5, 0.6) is 0 Å². The molecule has 1 aromatic heterocycles. The van der Waals surface area contributed by atoms with Crippen LogP contribution in [0.3, 0.4) is 0 Å². The number of benzene rings is 1. The number of aryl methyl sites for hydroxylation is 2. The van der Waals surface area contributed by atoms with Crippen molar-refractivity contribution >= 4 is 5.78 Å². The average molecular weight is 290 g/mol. The van der Waals surface area contributed by atoms with Crippen molar-refractivity contribution in [2.24, 2.45) is 7.05 Å². The number of hydrogen-bond donors (Lipinski definition) is 0. The molecule has 2 rings (SSSR count). The van der Waals surface area contributed by atoms with Gasteiger partial charge in [0.05, 0.1) is 0 Å². The molecule has 0 aliphatic carbocycles. The molecule has 2 aromatic rings. The first-order valence-corrected chi connectivity index (χ1v) is 6.54. The van der Waals surface area contributed by atoms with E-state index in [2.05, 4.69) is 0 Å². The maximum absolute atomic E-state index is 12.8. The highest BCUT2D eigenvalue weighted by atomic mass is 19.1. The zero-order valence-electron chi connectivity index (χ0n) is 11.6.